The first-order valence-electron chi connectivity index (χ1n) is 14.7. The van der Waals surface area contributed by atoms with Gasteiger partial charge in [0.15, 0.2) is 11.6 Å². The average Bonchev–Trinajstić information content (AvgIpc) is 3.57. The van der Waals surface area contributed by atoms with E-state index in [1.807, 2.05) is 67.6 Å². The van der Waals surface area contributed by atoms with Crippen molar-refractivity contribution in [3.05, 3.63) is 90.5 Å². The molecule has 0 aromatic heterocycles. The molecule has 1 aliphatic carbocycles. The molecule has 1 saturated carbocycles. The molecule has 6 rings (SSSR count). The van der Waals surface area contributed by atoms with Gasteiger partial charge in [-0.1, -0.05) is 81.4 Å². The van der Waals surface area contributed by atoms with Gasteiger partial charge in [-0.15, -0.1) is 0 Å². The normalized spacial score (nSPS) is 29.5. The Balaban J connectivity index is 1.40. The van der Waals surface area contributed by atoms with Crippen molar-refractivity contribution in [1.29, 1.82) is 0 Å². The predicted octanol–water partition coefficient (Wildman–Crippen LogP) is 3.62. The van der Waals surface area contributed by atoms with Gasteiger partial charge >= 0.3 is 5.97 Å². The minimum Gasteiger partial charge on any atom is -0.497 e. The number of nitrogens with zero attached hydrogens (tertiary/aromatic N) is 1. The van der Waals surface area contributed by atoms with Crippen molar-refractivity contribution in [2.75, 3.05) is 13.7 Å². The van der Waals surface area contributed by atoms with Gasteiger partial charge < -0.3 is 28.5 Å². The molecule has 0 bridgehead atoms. The van der Waals surface area contributed by atoms with Crippen molar-refractivity contribution in [3.63, 3.8) is 0 Å². The zero-order valence-corrected chi connectivity index (χ0v) is 26.4. The highest BCUT2D eigenvalue weighted by Gasteiger charge is 2.84. The molecule has 1 saturated heterocycles. The molecule has 1 spiro atoms. The van der Waals surface area contributed by atoms with Gasteiger partial charge in [0, 0.05) is 12.5 Å². The lowest BCUT2D eigenvalue weighted by molar-refractivity contribution is -0.158. The van der Waals surface area contributed by atoms with Crippen LogP contribution in [0.15, 0.2) is 89.9 Å². The molecule has 226 valence electrons. The summed E-state index contributed by atoms with van der Waals surface area (Å²) in [6, 6.07) is 28.0. The number of aliphatic imine (C=N–C) groups is 1. The fraction of sp³-hybridized carbons (Fsp3) is 0.412. The molecule has 3 aliphatic rings. The average molecular weight is 602 g/mol. The number of carbonyl (C=O) groups is 1. The van der Waals surface area contributed by atoms with Crippen LogP contribution in [0.2, 0.25) is 5.04 Å². The monoisotopic (exact) mass is 601 g/mol. The largest absolute Gasteiger partial charge is 0.497 e. The van der Waals surface area contributed by atoms with Crippen LogP contribution in [-0.4, -0.2) is 74.6 Å². The van der Waals surface area contributed by atoms with E-state index >= 15 is 0 Å². The molecule has 0 unspecified atom stereocenters. The molecule has 43 heavy (non-hydrogen) atoms. The van der Waals surface area contributed by atoms with Crippen molar-refractivity contribution in [2.24, 2.45) is 4.99 Å². The molecule has 2 fully saturated rings. The third kappa shape index (κ3) is 4.52. The smallest absolute Gasteiger partial charge is 0.303 e. The minimum atomic E-state index is -2.94. The third-order valence-electron chi connectivity index (χ3n) is 9.20. The highest BCUT2D eigenvalue weighted by molar-refractivity contribution is 6.99. The minimum absolute atomic E-state index is 0.103. The third-order valence-corrected chi connectivity index (χ3v) is 14.2. The maximum Gasteiger partial charge on any atom is 0.303 e. The second-order valence-corrected chi connectivity index (χ2v) is 17.0. The first kappa shape index (κ1) is 29.6. The van der Waals surface area contributed by atoms with Gasteiger partial charge in [-0.3, -0.25) is 4.79 Å². The van der Waals surface area contributed by atoms with E-state index in [1.54, 1.807) is 7.11 Å². The summed E-state index contributed by atoms with van der Waals surface area (Å²) in [6.07, 6.45) is -3.20. The lowest BCUT2D eigenvalue weighted by Crippen LogP contribution is -2.67. The van der Waals surface area contributed by atoms with E-state index in [-0.39, 0.29) is 11.6 Å². The van der Waals surface area contributed by atoms with Crippen LogP contribution in [0.4, 0.5) is 0 Å². The Morgan fingerprint density at radius 3 is 2.07 bits per heavy atom. The maximum atomic E-state index is 12.4. The number of methoxy groups -OCH3 is 1. The summed E-state index contributed by atoms with van der Waals surface area (Å²) in [5.74, 6) is 0.602. The molecule has 2 heterocycles. The van der Waals surface area contributed by atoms with Crippen LogP contribution in [0.25, 0.3) is 0 Å². The van der Waals surface area contributed by atoms with E-state index in [0.29, 0.717) is 11.6 Å². The van der Waals surface area contributed by atoms with Gasteiger partial charge in [-0.25, -0.2) is 4.99 Å². The van der Waals surface area contributed by atoms with Gasteiger partial charge in [0.25, 0.3) is 8.32 Å². The van der Waals surface area contributed by atoms with Crippen molar-refractivity contribution >= 4 is 30.6 Å². The number of hydrogen-bond donors (Lipinski definition) is 1. The molecular weight excluding hydrogens is 562 g/mol. The quantitative estimate of drug-likeness (QED) is 0.239. The summed E-state index contributed by atoms with van der Waals surface area (Å²) in [5, 5.41) is 14.2. The summed E-state index contributed by atoms with van der Waals surface area (Å²) >= 11 is 0. The van der Waals surface area contributed by atoms with Crippen molar-refractivity contribution < 1.29 is 33.3 Å². The lowest BCUT2D eigenvalue weighted by Gasteiger charge is -2.44. The summed E-state index contributed by atoms with van der Waals surface area (Å²) in [6.45, 7) is 9.92. The van der Waals surface area contributed by atoms with Gasteiger partial charge in [0.05, 0.1) is 13.7 Å². The van der Waals surface area contributed by atoms with Crippen molar-refractivity contribution in [1.82, 2.24) is 0 Å². The zero-order chi connectivity index (χ0) is 30.6. The Bertz CT molecular complexity index is 1470. The number of epoxide rings is 1. The van der Waals surface area contributed by atoms with Crippen molar-refractivity contribution in [2.45, 2.75) is 75.2 Å². The molecule has 3 aromatic carbocycles. The molecule has 1 N–H and O–H groups in total. The first-order chi connectivity index (χ1) is 20.5. The first-order valence-corrected chi connectivity index (χ1v) is 16.6. The highest BCUT2D eigenvalue weighted by Crippen LogP contribution is 2.60. The standard InChI is InChI=1S/C34H39NO7Si/c1-22-34(35-30(40-22)24-17-19-25(38-6)20-18-24)29(41-23(2)36)28-33(42-28,31(34)37)21-39-43(32(3,4)5,26-13-9-7-10-14-26)27-15-11-8-12-16-27/h7-20,22,28-29,31,37H,21H2,1-6H3/t22-,28+,29+,31-,33+,34-/m0/s1. The number of esters is 1. The summed E-state index contributed by atoms with van der Waals surface area (Å²) in [4.78, 5) is 17.4. The van der Waals surface area contributed by atoms with E-state index in [9.17, 15) is 9.90 Å². The maximum absolute atomic E-state index is 12.4. The number of ether oxygens (including phenoxy) is 4. The van der Waals surface area contributed by atoms with E-state index in [4.69, 9.17) is 28.4 Å². The molecular formula is C34H39NO7Si. The van der Waals surface area contributed by atoms with Crippen LogP contribution in [0.5, 0.6) is 5.75 Å². The molecule has 0 amide bonds. The molecule has 2 aliphatic heterocycles. The van der Waals surface area contributed by atoms with E-state index in [2.05, 4.69) is 45.0 Å². The van der Waals surface area contributed by atoms with Gasteiger partial charge in [0.2, 0.25) is 5.90 Å². The number of fused-ring (bicyclic) bond motifs is 1. The topological polar surface area (TPSA) is 99.1 Å². The van der Waals surface area contributed by atoms with Gasteiger partial charge in [-0.2, -0.15) is 0 Å². The number of aliphatic hydroxyl groups is 1. The molecule has 0 radical (unpaired) electrons. The second-order valence-electron chi connectivity index (χ2n) is 12.7. The number of benzene rings is 3. The molecule has 8 nitrogen and oxygen atoms in total. The molecule has 9 heteroatoms. The van der Waals surface area contributed by atoms with Gasteiger partial charge in [-0.05, 0) is 46.6 Å². The predicted molar refractivity (Wildman–Crippen MR) is 166 cm³/mol. The number of hydrogen-bond acceptors (Lipinski definition) is 8. The summed E-state index contributed by atoms with van der Waals surface area (Å²) in [5.41, 5.74) is -1.65. The summed E-state index contributed by atoms with van der Waals surface area (Å²) < 4.78 is 30.9. The molecule has 6 atom stereocenters. The van der Waals surface area contributed by atoms with E-state index < -0.39 is 49.8 Å². The fourth-order valence-corrected chi connectivity index (χ4v) is 11.6. The summed E-state index contributed by atoms with van der Waals surface area (Å²) in [7, 11) is -1.34. The highest BCUT2D eigenvalue weighted by atomic mass is 28.4. The van der Waals surface area contributed by atoms with Crippen LogP contribution in [-0.2, 0) is 23.4 Å². The van der Waals surface area contributed by atoms with Crippen LogP contribution >= 0.6 is 0 Å². The van der Waals surface area contributed by atoms with Crippen LogP contribution in [0.3, 0.4) is 0 Å². The number of rotatable bonds is 8. The lowest BCUT2D eigenvalue weighted by atomic mass is 9.85. The Morgan fingerprint density at radius 1 is 0.977 bits per heavy atom. The van der Waals surface area contributed by atoms with Gasteiger partial charge in [0.1, 0.15) is 29.7 Å². The van der Waals surface area contributed by atoms with E-state index in [0.717, 1.165) is 15.9 Å². The second kappa shape index (κ2) is 10.6. The molecule has 3 aromatic rings. The van der Waals surface area contributed by atoms with Crippen molar-refractivity contribution in [3.8, 4) is 5.75 Å². The Labute approximate surface area is 253 Å². The Morgan fingerprint density at radius 2 is 1.56 bits per heavy atom. The number of carbonyl (C=O) groups excluding carboxylic acids is 1. The SMILES string of the molecule is COc1ccc(C2=N[C@@]3([C@H](C)O2)[C@H](OC(C)=O)[C@H]2O[C@@]2(CO[Si](c2ccccc2)(c2ccccc2)C(C)(C)C)[C@@H]3O)cc1. The fourth-order valence-electron chi connectivity index (χ4n) is 7.04. The van der Waals surface area contributed by atoms with E-state index in [1.165, 1.54) is 6.92 Å². The number of aliphatic hydroxyl groups excluding tert-OH is 1. The Kier molecular flexibility index (Phi) is 7.28. The van der Waals surface area contributed by atoms with Crippen LogP contribution < -0.4 is 15.1 Å². The zero-order valence-electron chi connectivity index (χ0n) is 25.4. The Hall–Kier alpha value is -3.50. The van der Waals surface area contributed by atoms with Crippen LogP contribution in [0.1, 0.15) is 40.2 Å². The van der Waals surface area contributed by atoms with Crippen LogP contribution in [0, 0.1) is 0 Å².